The molecule has 4 N–H and O–H groups in total. The molecule has 1 atom stereocenters. The molecule has 0 aromatic heterocycles. The summed E-state index contributed by atoms with van der Waals surface area (Å²) in [5.41, 5.74) is 1.97. The Kier molecular flexibility index (Phi) is 10.1. The van der Waals surface area contributed by atoms with Crippen molar-refractivity contribution in [2.75, 3.05) is 10.6 Å². The largest absolute Gasteiger partial charge is 0.478 e. The van der Waals surface area contributed by atoms with Gasteiger partial charge in [-0.2, -0.15) is 0 Å². The Balaban J connectivity index is 1.43. The number of carbonyl (C=O) groups excluding carboxylic acids is 3. The van der Waals surface area contributed by atoms with E-state index in [0.717, 1.165) is 10.5 Å². The number of amides is 3. The lowest BCUT2D eigenvalue weighted by atomic mass is 10.1. The number of carbonyl (C=O) groups is 4. The van der Waals surface area contributed by atoms with Crippen LogP contribution < -0.4 is 16.0 Å². The molecule has 0 aliphatic rings. The van der Waals surface area contributed by atoms with Crippen molar-refractivity contribution < 1.29 is 28.7 Å². The highest BCUT2D eigenvalue weighted by Gasteiger charge is 2.18. The van der Waals surface area contributed by atoms with E-state index < -0.39 is 28.9 Å². The number of aryl methyl sites for hydroxylation is 1. The molecule has 8 nitrogen and oxygen atoms in total. The van der Waals surface area contributed by atoms with Crippen molar-refractivity contribution in [3.05, 3.63) is 131 Å². The van der Waals surface area contributed by atoms with Crippen LogP contribution in [0, 0.1) is 12.7 Å². The van der Waals surface area contributed by atoms with Crippen LogP contribution in [0.1, 0.15) is 38.8 Å². The number of aromatic carboxylic acids is 1. The predicted molar refractivity (Wildman–Crippen MR) is 165 cm³/mol. The Morgan fingerprint density at radius 3 is 2.19 bits per heavy atom. The van der Waals surface area contributed by atoms with E-state index in [9.17, 15) is 28.7 Å². The van der Waals surface area contributed by atoms with Gasteiger partial charge in [0.2, 0.25) is 5.91 Å². The summed E-state index contributed by atoms with van der Waals surface area (Å²) >= 11 is 1.28. The molecule has 4 aromatic carbocycles. The van der Waals surface area contributed by atoms with Crippen LogP contribution in [0.2, 0.25) is 0 Å². The van der Waals surface area contributed by atoms with Gasteiger partial charge in [-0.05, 0) is 80.1 Å². The molecule has 43 heavy (non-hydrogen) atoms. The maximum Gasteiger partial charge on any atom is 0.335 e. The van der Waals surface area contributed by atoms with Gasteiger partial charge in [-0.25, -0.2) is 9.18 Å². The Hall–Kier alpha value is -5.22. The van der Waals surface area contributed by atoms with Crippen molar-refractivity contribution in [1.29, 1.82) is 0 Å². The lowest BCUT2D eigenvalue weighted by Gasteiger charge is -2.15. The van der Waals surface area contributed by atoms with Crippen LogP contribution in [0.15, 0.2) is 108 Å². The highest BCUT2D eigenvalue weighted by molar-refractivity contribution is 8.00. The van der Waals surface area contributed by atoms with Gasteiger partial charge >= 0.3 is 5.97 Å². The second kappa shape index (κ2) is 14.1. The molecule has 0 radical (unpaired) electrons. The summed E-state index contributed by atoms with van der Waals surface area (Å²) in [5, 5.41) is 16.8. The molecule has 1 unspecified atom stereocenters. The summed E-state index contributed by atoms with van der Waals surface area (Å²) in [4.78, 5) is 50.8. The zero-order valence-electron chi connectivity index (χ0n) is 23.3. The maximum atomic E-state index is 14.4. The number of hydrogen-bond acceptors (Lipinski definition) is 5. The predicted octanol–water partition coefficient (Wildman–Crippen LogP) is 6.36. The highest BCUT2D eigenvalue weighted by atomic mass is 32.2. The molecule has 0 fully saturated rings. The molecule has 0 spiro atoms. The van der Waals surface area contributed by atoms with Gasteiger partial charge in [-0.1, -0.05) is 42.5 Å². The Bertz CT molecular complexity index is 1690. The Morgan fingerprint density at radius 1 is 0.837 bits per heavy atom. The minimum Gasteiger partial charge on any atom is -0.478 e. The number of benzene rings is 4. The van der Waals surface area contributed by atoms with E-state index in [1.165, 1.54) is 48.2 Å². The van der Waals surface area contributed by atoms with Gasteiger partial charge in [0.15, 0.2) is 0 Å². The van der Waals surface area contributed by atoms with E-state index in [4.69, 9.17) is 0 Å². The maximum absolute atomic E-state index is 14.4. The van der Waals surface area contributed by atoms with Crippen LogP contribution in [0.3, 0.4) is 0 Å². The number of carboxylic acid groups (broad SMARTS) is 1. The summed E-state index contributed by atoms with van der Waals surface area (Å²) in [5.74, 6) is -3.11. The molecule has 4 aromatic rings. The Labute approximate surface area is 252 Å². The third kappa shape index (κ3) is 8.40. The average molecular weight is 598 g/mol. The molecular formula is C33H28FN3O5S. The first-order chi connectivity index (χ1) is 20.6. The van der Waals surface area contributed by atoms with Crippen molar-refractivity contribution >= 4 is 52.9 Å². The first-order valence-electron chi connectivity index (χ1n) is 13.2. The van der Waals surface area contributed by atoms with Gasteiger partial charge in [0.1, 0.15) is 11.5 Å². The molecule has 0 saturated heterocycles. The number of rotatable bonds is 10. The van der Waals surface area contributed by atoms with Crippen molar-refractivity contribution in [2.45, 2.75) is 24.0 Å². The minimum atomic E-state index is -1.08. The molecular weight excluding hydrogens is 569 g/mol. The van der Waals surface area contributed by atoms with E-state index >= 15 is 0 Å². The molecule has 10 heteroatoms. The van der Waals surface area contributed by atoms with Gasteiger partial charge in [-0.15, -0.1) is 11.8 Å². The molecule has 0 heterocycles. The molecule has 3 amide bonds. The number of carboxylic acids is 1. The van der Waals surface area contributed by atoms with Gasteiger partial charge in [0.05, 0.1) is 10.8 Å². The number of halogens is 1. The van der Waals surface area contributed by atoms with E-state index in [0.29, 0.717) is 16.9 Å². The summed E-state index contributed by atoms with van der Waals surface area (Å²) in [6, 6.07) is 25.5. The van der Waals surface area contributed by atoms with E-state index in [1.54, 1.807) is 80.6 Å². The van der Waals surface area contributed by atoms with Crippen molar-refractivity contribution in [1.82, 2.24) is 5.32 Å². The van der Waals surface area contributed by atoms with Crippen LogP contribution >= 0.6 is 11.8 Å². The monoisotopic (exact) mass is 597 g/mol. The topological polar surface area (TPSA) is 125 Å². The van der Waals surface area contributed by atoms with Crippen LogP contribution in [-0.2, 0) is 9.59 Å². The molecule has 0 aliphatic heterocycles. The van der Waals surface area contributed by atoms with E-state index in [2.05, 4.69) is 16.0 Å². The Morgan fingerprint density at radius 2 is 1.51 bits per heavy atom. The smallest absolute Gasteiger partial charge is 0.335 e. The summed E-state index contributed by atoms with van der Waals surface area (Å²) < 4.78 is 14.4. The van der Waals surface area contributed by atoms with E-state index in [-0.39, 0.29) is 22.7 Å². The van der Waals surface area contributed by atoms with Crippen molar-refractivity contribution in [3.63, 3.8) is 0 Å². The number of anilines is 2. The van der Waals surface area contributed by atoms with Gasteiger partial charge in [0.25, 0.3) is 11.8 Å². The lowest BCUT2D eigenvalue weighted by Crippen LogP contribution is -2.30. The quantitative estimate of drug-likeness (QED) is 0.125. The summed E-state index contributed by atoms with van der Waals surface area (Å²) in [6.07, 6.45) is 1.27. The molecule has 218 valence electrons. The van der Waals surface area contributed by atoms with Gasteiger partial charge in [-0.3, -0.25) is 14.4 Å². The fraction of sp³-hybridized carbons (Fsp3) is 0.0909. The first-order valence-corrected chi connectivity index (χ1v) is 14.0. The van der Waals surface area contributed by atoms with E-state index in [1.807, 2.05) is 0 Å². The summed E-state index contributed by atoms with van der Waals surface area (Å²) in [6.45, 7) is 3.50. The zero-order valence-corrected chi connectivity index (χ0v) is 24.1. The second-order valence-corrected chi connectivity index (χ2v) is 10.9. The molecule has 0 saturated carbocycles. The van der Waals surface area contributed by atoms with Crippen LogP contribution in [0.25, 0.3) is 6.08 Å². The minimum absolute atomic E-state index is 0.0744. The zero-order chi connectivity index (χ0) is 30.9. The lowest BCUT2D eigenvalue weighted by molar-refractivity contribution is -0.115. The van der Waals surface area contributed by atoms with Crippen molar-refractivity contribution in [2.24, 2.45) is 0 Å². The molecule has 0 bridgehead atoms. The van der Waals surface area contributed by atoms with Crippen LogP contribution in [0.5, 0.6) is 0 Å². The third-order valence-corrected chi connectivity index (χ3v) is 7.38. The SMILES string of the molecule is Cc1ccc(C(=O)O)cc1NC(=O)C(C)Sc1ccc(NC(=O)/C(=C/c2ccccc2F)NC(=O)c2ccccc2)cc1. The van der Waals surface area contributed by atoms with Gasteiger partial charge in [0, 0.05) is 27.4 Å². The first kappa shape index (κ1) is 30.7. The second-order valence-electron chi connectivity index (χ2n) is 9.46. The molecule has 4 rings (SSSR count). The van der Waals surface area contributed by atoms with Gasteiger partial charge < -0.3 is 21.1 Å². The van der Waals surface area contributed by atoms with Crippen LogP contribution in [0.4, 0.5) is 15.8 Å². The normalized spacial score (nSPS) is 11.7. The fourth-order valence-corrected chi connectivity index (χ4v) is 4.75. The highest BCUT2D eigenvalue weighted by Crippen LogP contribution is 2.27. The standard InChI is InChI=1S/C33H28FN3O5S/c1-20-12-13-24(33(41)42)19-28(20)36-30(38)21(2)43-26-16-14-25(15-17-26)35-32(40)29(18-23-10-6-7-11-27(23)34)37-31(39)22-8-4-3-5-9-22/h3-19,21H,1-2H3,(H,35,40)(H,36,38)(H,37,39)(H,41,42)/b29-18-. The number of thioether (sulfide) groups is 1. The van der Waals surface area contributed by atoms with Crippen molar-refractivity contribution in [3.8, 4) is 0 Å². The molecule has 0 aliphatic carbocycles. The third-order valence-electron chi connectivity index (χ3n) is 6.27. The summed E-state index contributed by atoms with van der Waals surface area (Å²) in [7, 11) is 0. The number of hydrogen-bond donors (Lipinski definition) is 4. The fourth-order valence-electron chi connectivity index (χ4n) is 3.89. The van der Waals surface area contributed by atoms with Crippen LogP contribution in [-0.4, -0.2) is 34.0 Å². The average Bonchev–Trinajstić information content (AvgIpc) is 3.00. The number of nitrogens with one attached hydrogen (secondary N) is 3.